The molecule has 1 aliphatic heterocycles. The summed E-state index contributed by atoms with van der Waals surface area (Å²) in [6.07, 6.45) is 4.45. The molecule has 1 fully saturated rings. The zero-order valence-electron chi connectivity index (χ0n) is 12.7. The molecule has 5 nitrogen and oxygen atoms in total. The van der Waals surface area contributed by atoms with Gasteiger partial charge in [-0.25, -0.2) is 9.37 Å². The highest BCUT2D eigenvalue weighted by molar-refractivity contribution is 5.81. The van der Waals surface area contributed by atoms with E-state index in [4.69, 9.17) is 0 Å². The highest BCUT2D eigenvalue weighted by Crippen LogP contribution is 2.21. The van der Waals surface area contributed by atoms with Crippen molar-refractivity contribution in [2.75, 3.05) is 18.0 Å². The van der Waals surface area contributed by atoms with Crippen molar-refractivity contribution in [2.24, 2.45) is 0 Å². The van der Waals surface area contributed by atoms with E-state index in [-0.39, 0.29) is 5.82 Å². The molecule has 4 rings (SSSR count). The standard InChI is InChI=1S/C17H18FN5/c18-15-5-2-7-19-17(15)23-8-6-14(11-23)20-9-12-3-1-4-13-10-21-22-16(12)13/h1-5,7,10,14,20H,6,8-9,11H2,(H,21,22)/t14-/m0/s1. The van der Waals surface area contributed by atoms with Crippen LogP contribution in [0.3, 0.4) is 0 Å². The van der Waals surface area contributed by atoms with Gasteiger partial charge < -0.3 is 10.2 Å². The summed E-state index contributed by atoms with van der Waals surface area (Å²) in [5.74, 6) is 0.197. The minimum absolute atomic E-state index is 0.254. The van der Waals surface area contributed by atoms with E-state index in [9.17, 15) is 4.39 Å². The highest BCUT2D eigenvalue weighted by Gasteiger charge is 2.24. The van der Waals surface area contributed by atoms with Crippen LogP contribution in [0.2, 0.25) is 0 Å². The molecule has 0 unspecified atom stereocenters. The van der Waals surface area contributed by atoms with Crippen LogP contribution in [0.15, 0.2) is 42.7 Å². The number of para-hydroxylation sites is 1. The topological polar surface area (TPSA) is 56.8 Å². The molecule has 0 amide bonds. The van der Waals surface area contributed by atoms with Crippen LogP contribution in [0.4, 0.5) is 10.2 Å². The highest BCUT2D eigenvalue weighted by atomic mass is 19.1. The number of anilines is 1. The number of H-pyrrole nitrogens is 1. The maximum atomic E-state index is 13.8. The molecule has 0 saturated carbocycles. The summed E-state index contributed by atoms with van der Waals surface area (Å²) in [4.78, 5) is 6.16. The summed E-state index contributed by atoms with van der Waals surface area (Å²) in [5, 5.41) is 11.8. The van der Waals surface area contributed by atoms with E-state index in [2.05, 4.69) is 26.6 Å². The van der Waals surface area contributed by atoms with Crippen LogP contribution in [0.25, 0.3) is 10.9 Å². The van der Waals surface area contributed by atoms with Gasteiger partial charge in [0.2, 0.25) is 0 Å². The van der Waals surface area contributed by atoms with Gasteiger partial charge in [-0.1, -0.05) is 18.2 Å². The number of halogens is 1. The second-order valence-corrected chi connectivity index (χ2v) is 5.87. The second-order valence-electron chi connectivity index (χ2n) is 5.87. The molecular weight excluding hydrogens is 293 g/mol. The van der Waals surface area contributed by atoms with E-state index < -0.39 is 0 Å². The molecule has 0 aliphatic carbocycles. The number of nitrogens with one attached hydrogen (secondary N) is 2. The monoisotopic (exact) mass is 311 g/mol. The number of hydrogen-bond donors (Lipinski definition) is 2. The fraction of sp³-hybridized carbons (Fsp3) is 0.294. The Hall–Kier alpha value is -2.47. The molecule has 1 aromatic carbocycles. The predicted molar refractivity (Wildman–Crippen MR) is 87.7 cm³/mol. The van der Waals surface area contributed by atoms with Crippen LogP contribution in [0.1, 0.15) is 12.0 Å². The SMILES string of the molecule is Fc1cccnc1N1CC[C@H](NCc2cccc3cn[nH]c23)C1. The molecule has 1 atom stereocenters. The zero-order chi connectivity index (χ0) is 15.6. The lowest BCUT2D eigenvalue weighted by Crippen LogP contribution is -2.32. The first kappa shape index (κ1) is 14.1. The Bertz CT molecular complexity index is 815. The maximum Gasteiger partial charge on any atom is 0.165 e. The van der Waals surface area contributed by atoms with E-state index in [1.54, 1.807) is 12.3 Å². The molecule has 118 valence electrons. The van der Waals surface area contributed by atoms with Crippen molar-refractivity contribution >= 4 is 16.7 Å². The minimum Gasteiger partial charge on any atom is -0.353 e. The van der Waals surface area contributed by atoms with Gasteiger partial charge in [-0.2, -0.15) is 5.10 Å². The molecule has 23 heavy (non-hydrogen) atoms. The van der Waals surface area contributed by atoms with Crippen molar-refractivity contribution < 1.29 is 4.39 Å². The Morgan fingerprint density at radius 1 is 1.30 bits per heavy atom. The number of fused-ring (bicyclic) bond motifs is 1. The van der Waals surface area contributed by atoms with Crippen LogP contribution >= 0.6 is 0 Å². The van der Waals surface area contributed by atoms with Gasteiger partial charge in [0.1, 0.15) is 0 Å². The quantitative estimate of drug-likeness (QED) is 0.777. The summed E-state index contributed by atoms with van der Waals surface area (Å²) in [5.41, 5.74) is 2.27. The van der Waals surface area contributed by atoms with Crippen molar-refractivity contribution in [1.29, 1.82) is 0 Å². The first-order chi connectivity index (χ1) is 11.3. The molecule has 1 saturated heterocycles. The third kappa shape index (κ3) is 2.77. The number of benzene rings is 1. The predicted octanol–water partition coefficient (Wildman–Crippen LogP) is 2.47. The molecule has 0 bridgehead atoms. The average Bonchev–Trinajstić information content (AvgIpc) is 3.22. The fourth-order valence-corrected chi connectivity index (χ4v) is 3.16. The van der Waals surface area contributed by atoms with Gasteiger partial charge in [0.15, 0.2) is 11.6 Å². The van der Waals surface area contributed by atoms with Crippen LogP contribution in [-0.4, -0.2) is 34.3 Å². The number of nitrogens with zero attached hydrogens (tertiary/aromatic N) is 3. The Morgan fingerprint density at radius 2 is 2.26 bits per heavy atom. The molecular formula is C17H18FN5. The summed E-state index contributed by atoms with van der Waals surface area (Å²) < 4.78 is 13.8. The summed E-state index contributed by atoms with van der Waals surface area (Å²) in [7, 11) is 0. The smallest absolute Gasteiger partial charge is 0.165 e. The van der Waals surface area contributed by atoms with Crippen LogP contribution in [0, 0.1) is 5.82 Å². The summed E-state index contributed by atoms with van der Waals surface area (Å²) in [6, 6.07) is 9.59. The minimum atomic E-state index is -0.254. The molecule has 1 aliphatic rings. The number of pyridine rings is 1. The van der Waals surface area contributed by atoms with Gasteiger partial charge in [0, 0.05) is 37.3 Å². The number of aromatic nitrogens is 3. The number of aromatic amines is 1. The van der Waals surface area contributed by atoms with Crippen LogP contribution < -0.4 is 10.2 Å². The van der Waals surface area contributed by atoms with Crippen molar-refractivity contribution in [3.8, 4) is 0 Å². The molecule has 2 N–H and O–H groups in total. The van der Waals surface area contributed by atoms with Gasteiger partial charge in [-0.05, 0) is 24.1 Å². The summed E-state index contributed by atoms with van der Waals surface area (Å²) in [6.45, 7) is 2.36. The molecule has 0 spiro atoms. The van der Waals surface area contributed by atoms with Gasteiger partial charge in [0.25, 0.3) is 0 Å². The largest absolute Gasteiger partial charge is 0.353 e. The Kier molecular flexibility index (Phi) is 3.67. The fourth-order valence-electron chi connectivity index (χ4n) is 3.16. The van der Waals surface area contributed by atoms with E-state index >= 15 is 0 Å². The van der Waals surface area contributed by atoms with E-state index in [1.807, 2.05) is 23.2 Å². The first-order valence-electron chi connectivity index (χ1n) is 7.81. The lowest BCUT2D eigenvalue weighted by Gasteiger charge is -2.18. The van der Waals surface area contributed by atoms with Crippen molar-refractivity contribution in [3.05, 3.63) is 54.1 Å². The van der Waals surface area contributed by atoms with Gasteiger partial charge in [-0.3, -0.25) is 5.10 Å². The molecule has 3 aromatic rings. The molecule has 0 radical (unpaired) electrons. The van der Waals surface area contributed by atoms with Crippen molar-refractivity contribution in [2.45, 2.75) is 19.0 Å². The lowest BCUT2D eigenvalue weighted by atomic mass is 10.1. The van der Waals surface area contributed by atoms with Gasteiger partial charge >= 0.3 is 0 Å². The van der Waals surface area contributed by atoms with Crippen LogP contribution in [-0.2, 0) is 6.54 Å². The molecule has 6 heteroatoms. The third-order valence-corrected chi connectivity index (χ3v) is 4.37. The molecule has 3 heterocycles. The molecule has 2 aromatic heterocycles. The first-order valence-corrected chi connectivity index (χ1v) is 7.81. The van der Waals surface area contributed by atoms with Crippen molar-refractivity contribution in [3.63, 3.8) is 0 Å². The number of rotatable bonds is 4. The van der Waals surface area contributed by atoms with E-state index in [0.29, 0.717) is 11.9 Å². The lowest BCUT2D eigenvalue weighted by molar-refractivity contribution is 0.551. The van der Waals surface area contributed by atoms with Crippen LogP contribution in [0.5, 0.6) is 0 Å². The Morgan fingerprint density at radius 3 is 3.17 bits per heavy atom. The van der Waals surface area contributed by atoms with Crippen molar-refractivity contribution in [1.82, 2.24) is 20.5 Å². The van der Waals surface area contributed by atoms with Gasteiger partial charge in [0.05, 0.1) is 11.7 Å². The third-order valence-electron chi connectivity index (χ3n) is 4.37. The van der Waals surface area contributed by atoms with E-state index in [0.717, 1.165) is 37.0 Å². The zero-order valence-corrected chi connectivity index (χ0v) is 12.7. The number of hydrogen-bond acceptors (Lipinski definition) is 4. The summed E-state index contributed by atoms with van der Waals surface area (Å²) >= 11 is 0. The maximum absolute atomic E-state index is 13.8. The Labute approximate surface area is 133 Å². The Balaban J connectivity index is 1.41. The second kappa shape index (κ2) is 5.96. The van der Waals surface area contributed by atoms with Gasteiger partial charge in [-0.15, -0.1) is 0 Å². The average molecular weight is 311 g/mol. The normalized spacial score (nSPS) is 18.0. The van der Waals surface area contributed by atoms with E-state index in [1.165, 1.54) is 11.6 Å².